The maximum absolute atomic E-state index is 13.3. The number of halogens is 1. The number of nitrogens with one attached hydrogen (secondary N) is 2. The molecule has 1 aliphatic rings. The van der Waals surface area contributed by atoms with Crippen LogP contribution in [-0.2, 0) is 23.1 Å². The fourth-order valence-electron chi connectivity index (χ4n) is 8.31. The molecule has 0 radical (unpaired) electrons. The second-order valence-electron chi connectivity index (χ2n) is 15.0. The number of hydrogen-bond donors (Lipinski definition) is 2. The standard InChI is InChI=1S/C48H56FN3O3/c1-35(2)51-42-24-20-37(21-25-42)47-43-34-45(55-4)44(54-3)33-38(43)27-32-52(47)31-12-29-48(39-13-7-5-8-14-39,40-15-9-6-10-16-40)28-11-30-50-46(53)26-19-36-17-22-41(49)23-18-36/h5-10,13-18,20-25,33-35,47,51H,11-12,19,26-32H2,1-4H3,(H,50,53). The number of carbonyl (C=O) groups is 1. The molecular weight excluding hydrogens is 686 g/mol. The molecule has 2 N–H and O–H groups in total. The number of hydrogen-bond acceptors (Lipinski definition) is 5. The van der Waals surface area contributed by atoms with Gasteiger partial charge in [-0.3, -0.25) is 9.69 Å². The highest BCUT2D eigenvalue weighted by Crippen LogP contribution is 2.44. The van der Waals surface area contributed by atoms with Crippen LogP contribution in [-0.4, -0.2) is 50.7 Å². The van der Waals surface area contributed by atoms with E-state index in [9.17, 15) is 9.18 Å². The quantitative estimate of drug-likeness (QED) is 0.0876. The maximum atomic E-state index is 13.3. The summed E-state index contributed by atoms with van der Waals surface area (Å²) >= 11 is 0. The molecule has 1 amide bonds. The number of ether oxygens (including phenoxy) is 2. The molecule has 0 saturated heterocycles. The summed E-state index contributed by atoms with van der Waals surface area (Å²) in [5.41, 5.74) is 8.27. The van der Waals surface area contributed by atoms with E-state index in [-0.39, 0.29) is 23.2 Å². The van der Waals surface area contributed by atoms with Crippen molar-refractivity contribution in [3.05, 3.63) is 161 Å². The van der Waals surface area contributed by atoms with Crippen LogP contribution in [0.5, 0.6) is 11.5 Å². The molecule has 55 heavy (non-hydrogen) atoms. The lowest BCUT2D eigenvalue weighted by molar-refractivity contribution is -0.121. The average molecular weight is 742 g/mol. The second kappa shape index (κ2) is 18.9. The molecule has 0 aromatic heterocycles. The third-order valence-corrected chi connectivity index (χ3v) is 11.0. The van der Waals surface area contributed by atoms with Crippen molar-refractivity contribution in [2.45, 2.75) is 76.3 Å². The molecule has 5 aromatic rings. The number of aryl methyl sites for hydroxylation is 1. The van der Waals surface area contributed by atoms with Crippen molar-refractivity contribution < 1.29 is 18.7 Å². The normalized spacial score (nSPS) is 14.3. The van der Waals surface area contributed by atoms with Gasteiger partial charge in [0.1, 0.15) is 5.82 Å². The van der Waals surface area contributed by atoms with Gasteiger partial charge < -0.3 is 20.1 Å². The minimum Gasteiger partial charge on any atom is -0.493 e. The number of carbonyl (C=O) groups excluding carboxylic acids is 1. The summed E-state index contributed by atoms with van der Waals surface area (Å²) in [6, 6.07) is 41.9. The van der Waals surface area contributed by atoms with Crippen molar-refractivity contribution in [1.82, 2.24) is 10.2 Å². The predicted octanol–water partition coefficient (Wildman–Crippen LogP) is 9.91. The summed E-state index contributed by atoms with van der Waals surface area (Å²) in [4.78, 5) is 15.5. The molecule has 0 bridgehead atoms. The number of anilines is 1. The van der Waals surface area contributed by atoms with Crippen LogP contribution in [0.4, 0.5) is 10.1 Å². The van der Waals surface area contributed by atoms with E-state index >= 15 is 0 Å². The van der Waals surface area contributed by atoms with E-state index in [4.69, 9.17) is 9.47 Å². The summed E-state index contributed by atoms with van der Waals surface area (Å²) in [7, 11) is 3.41. The van der Waals surface area contributed by atoms with Crippen molar-refractivity contribution in [1.29, 1.82) is 0 Å². The first-order chi connectivity index (χ1) is 26.8. The molecule has 1 unspecified atom stereocenters. The Hall–Kier alpha value is -5.14. The topological polar surface area (TPSA) is 62.8 Å². The third-order valence-electron chi connectivity index (χ3n) is 11.0. The zero-order chi connectivity index (χ0) is 38.6. The lowest BCUT2D eigenvalue weighted by Gasteiger charge is -2.40. The SMILES string of the molecule is COc1cc2c(cc1OC)C(c1ccc(NC(C)C)cc1)N(CCCC(CCCNC(=O)CCc1ccc(F)cc1)(c1ccccc1)c1ccccc1)CC2. The number of fused-ring (bicyclic) bond motifs is 1. The number of benzene rings is 5. The molecule has 1 aliphatic heterocycles. The summed E-state index contributed by atoms with van der Waals surface area (Å²) in [5, 5.41) is 6.71. The van der Waals surface area contributed by atoms with Crippen LogP contribution < -0.4 is 20.1 Å². The molecule has 5 aromatic carbocycles. The van der Waals surface area contributed by atoms with Gasteiger partial charge in [0, 0.05) is 36.7 Å². The highest BCUT2D eigenvalue weighted by Gasteiger charge is 2.35. The van der Waals surface area contributed by atoms with E-state index in [0.717, 1.165) is 67.9 Å². The lowest BCUT2D eigenvalue weighted by Crippen LogP contribution is -2.38. The molecule has 0 saturated carbocycles. The minimum absolute atomic E-state index is 0.0213. The maximum Gasteiger partial charge on any atom is 0.220 e. The van der Waals surface area contributed by atoms with Crippen molar-refractivity contribution in [2.24, 2.45) is 0 Å². The van der Waals surface area contributed by atoms with Gasteiger partial charge in [-0.15, -0.1) is 0 Å². The molecule has 288 valence electrons. The smallest absolute Gasteiger partial charge is 0.220 e. The van der Waals surface area contributed by atoms with E-state index in [1.54, 1.807) is 26.4 Å². The molecule has 7 heteroatoms. The zero-order valence-electron chi connectivity index (χ0n) is 32.8. The van der Waals surface area contributed by atoms with Crippen molar-refractivity contribution in [3.63, 3.8) is 0 Å². The first-order valence-corrected chi connectivity index (χ1v) is 19.8. The molecule has 0 spiro atoms. The van der Waals surface area contributed by atoms with Crippen molar-refractivity contribution in [3.8, 4) is 11.5 Å². The second-order valence-corrected chi connectivity index (χ2v) is 15.0. The highest BCUT2D eigenvalue weighted by molar-refractivity contribution is 5.76. The molecule has 1 heterocycles. The summed E-state index contributed by atoms with van der Waals surface area (Å²) in [5.74, 6) is 1.28. The Morgan fingerprint density at radius 2 is 1.44 bits per heavy atom. The van der Waals surface area contributed by atoms with E-state index in [0.29, 0.717) is 25.4 Å². The Labute approximate surface area is 327 Å². The minimum atomic E-state index is -0.263. The van der Waals surface area contributed by atoms with Gasteiger partial charge >= 0.3 is 0 Å². The molecule has 0 fully saturated rings. The zero-order valence-corrected chi connectivity index (χ0v) is 32.8. The Kier molecular flexibility index (Phi) is 13.6. The van der Waals surface area contributed by atoms with Gasteiger partial charge in [0.2, 0.25) is 5.91 Å². The van der Waals surface area contributed by atoms with Gasteiger partial charge in [0.15, 0.2) is 11.5 Å². The van der Waals surface area contributed by atoms with Crippen molar-refractivity contribution >= 4 is 11.6 Å². The summed E-state index contributed by atoms with van der Waals surface area (Å²) < 4.78 is 24.9. The molecule has 1 atom stereocenters. The molecule has 0 aliphatic carbocycles. The third kappa shape index (κ3) is 9.95. The first-order valence-electron chi connectivity index (χ1n) is 19.8. The van der Waals surface area contributed by atoms with Crippen LogP contribution in [0.2, 0.25) is 0 Å². The number of methoxy groups -OCH3 is 2. The fraction of sp³-hybridized carbons (Fsp3) is 0.354. The van der Waals surface area contributed by atoms with Gasteiger partial charge in [-0.2, -0.15) is 0 Å². The first kappa shape index (κ1) is 39.6. The van der Waals surface area contributed by atoms with Crippen molar-refractivity contribution in [2.75, 3.05) is 39.2 Å². The van der Waals surface area contributed by atoms with Gasteiger partial charge in [-0.1, -0.05) is 84.9 Å². The van der Waals surface area contributed by atoms with Crippen LogP contribution in [0.25, 0.3) is 0 Å². The Balaban J connectivity index is 1.22. The molecule has 6 nitrogen and oxygen atoms in total. The summed E-state index contributed by atoms with van der Waals surface area (Å²) in [6.45, 7) is 6.78. The van der Waals surface area contributed by atoms with Crippen LogP contribution in [0.3, 0.4) is 0 Å². The van der Waals surface area contributed by atoms with E-state index in [2.05, 4.69) is 126 Å². The summed E-state index contributed by atoms with van der Waals surface area (Å²) in [6.07, 6.45) is 5.58. The highest BCUT2D eigenvalue weighted by atomic mass is 19.1. The average Bonchev–Trinajstić information content (AvgIpc) is 3.21. The van der Waals surface area contributed by atoms with Crippen LogP contribution in [0.15, 0.2) is 121 Å². The molecule has 6 rings (SSSR count). The largest absolute Gasteiger partial charge is 0.493 e. The van der Waals surface area contributed by atoms with Crippen LogP contribution in [0, 0.1) is 5.82 Å². The Morgan fingerprint density at radius 1 is 0.818 bits per heavy atom. The lowest BCUT2D eigenvalue weighted by atomic mass is 9.68. The van der Waals surface area contributed by atoms with Gasteiger partial charge in [0.05, 0.1) is 20.3 Å². The number of rotatable bonds is 18. The van der Waals surface area contributed by atoms with Gasteiger partial charge in [-0.05, 0) is 129 Å². The monoisotopic (exact) mass is 741 g/mol. The fourth-order valence-corrected chi connectivity index (χ4v) is 8.31. The predicted molar refractivity (Wildman–Crippen MR) is 222 cm³/mol. The van der Waals surface area contributed by atoms with Crippen LogP contribution in [0.1, 0.15) is 85.4 Å². The molecular formula is C48H56FN3O3. The van der Waals surface area contributed by atoms with E-state index in [1.807, 2.05) is 0 Å². The van der Waals surface area contributed by atoms with Gasteiger partial charge in [-0.25, -0.2) is 4.39 Å². The van der Waals surface area contributed by atoms with Gasteiger partial charge in [0.25, 0.3) is 0 Å². The van der Waals surface area contributed by atoms with E-state index < -0.39 is 0 Å². The number of amides is 1. The Morgan fingerprint density at radius 3 is 2.05 bits per heavy atom. The number of nitrogens with zero attached hydrogens (tertiary/aromatic N) is 1. The van der Waals surface area contributed by atoms with Crippen LogP contribution >= 0.6 is 0 Å². The Bertz CT molecular complexity index is 1910. The van der Waals surface area contributed by atoms with E-state index in [1.165, 1.54) is 39.9 Å².